The van der Waals surface area contributed by atoms with Gasteiger partial charge in [0.15, 0.2) is 0 Å². The highest BCUT2D eigenvalue weighted by Crippen LogP contribution is 2.19. The van der Waals surface area contributed by atoms with Crippen molar-refractivity contribution in [1.82, 2.24) is 15.0 Å². The van der Waals surface area contributed by atoms with Gasteiger partial charge in [-0.05, 0) is 19.1 Å². The number of nitrogens with one attached hydrogen (secondary N) is 1. The Bertz CT molecular complexity index is 592. The monoisotopic (exact) mass is 284 g/mol. The van der Waals surface area contributed by atoms with Crippen LogP contribution in [-0.4, -0.2) is 48.2 Å². The van der Waals surface area contributed by atoms with Gasteiger partial charge in [0.25, 0.3) is 0 Å². The first-order valence-electron chi connectivity index (χ1n) is 7.20. The molecule has 110 valence electrons. The van der Waals surface area contributed by atoms with Crippen molar-refractivity contribution in [2.45, 2.75) is 6.92 Å². The molecule has 0 radical (unpaired) electrons. The molecule has 0 atom stereocenters. The molecule has 1 aliphatic heterocycles. The standard InChI is InChI=1S/C15H20N6/c1-12-11-14(19-15(16-2)18-12)21-9-7-20(8-10-21)13-5-3-4-6-17-13/h3-6,11H,7-10H2,1-2H3,(H,16,18,19). The minimum atomic E-state index is 0.678. The van der Waals surface area contributed by atoms with Gasteiger partial charge in [0.2, 0.25) is 5.95 Å². The number of aromatic nitrogens is 3. The molecule has 1 fully saturated rings. The number of piperazine rings is 1. The number of rotatable bonds is 3. The Morgan fingerprint density at radius 3 is 2.33 bits per heavy atom. The van der Waals surface area contributed by atoms with Crippen molar-refractivity contribution in [3.8, 4) is 0 Å². The fraction of sp³-hybridized carbons (Fsp3) is 0.400. The normalized spacial score (nSPS) is 15.1. The molecule has 0 aliphatic carbocycles. The minimum Gasteiger partial charge on any atom is -0.357 e. The van der Waals surface area contributed by atoms with Crippen molar-refractivity contribution in [3.05, 3.63) is 36.2 Å². The third-order valence-electron chi connectivity index (χ3n) is 3.64. The van der Waals surface area contributed by atoms with Gasteiger partial charge in [0.05, 0.1) is 0 Å². The largest absolute Gasteiger partial charge is 0.357 e. The maximum atomic E-state index is 4.54. The van der Waals surface area contributed by atoms with Crippen LogP contribution in [0.25, 0.3) is 0 Å². The number of hydrogen-bond acceptors (Lipinski definition) is 6. The van der Waals surface area contributed by atoms with Crippen LogP contribution in [0.3, 0.4) is 0 Å². The number of hydrogen-bond donors (Lipinski definition) is 1. The topological polar surface area (TPSA) is 57.2 Å². The molecule has 3 rings (SSSR count). The van der Waals surface area contributed by atoms with Gasteiger partial charge in [0, 0.05) is 51.2 Å². The molecule has 1 N–H and O–H groups in total. The second-order valence-corrected chi connectivity index (χ2v) is 5.10. The average molecular weight is 284 g/mol. The Morgan fingerprint density at radius 2 is 1.71 bits per heavy atom. The maximum Gasteiger partial charge on any atom is 0.224 e. The first-order chi connectivity index (χ1) is 10.3. The molecule has 0 spiro atoms. The van der Waals surface area contributed by atoms with E-state index in [0.29, 0.717) is 5.95 Å². The Labute approximate surface area is 124 Å². The summed E-state index contributed by atoms with van der Waals surface area (Å²) in [5.41, 5.74) is 0.983. The molecule has 0 unspecified atom stereocenters. The summed E-state index contributed by atoms with van der Waals surface area (Å²) in [5.74, 6) is 2.72. The van der Waals surface area contributed by atoms with E-state index in [-0.39, 0.29) is 0 Å². The van der Waals surface area contributed by atoms with Crippen molar-refractivity contribution in [2.24, 2.45) is 0 Å². The number of pyridine rings is 1. The molecular weight excluding hydrogens is 264 g/mol. The van der Waals surface area contributed by atoms with E-state index in [1.165, 1.54) is 0 Å². The van der Waals surface area contributed by atoms with E-state index in [4.69, 9.17) is 0 Å². The van der Waals surface area contributed by atoms with Crippen LogP contribution in [0.1, 0.15) is 5.69 Å². The number of nitrogens with zero attached hydrogens (tertiary/aromatic N) is 5. The zero-order valence-corrected chi connectivity index (χ0v) is 12.5. The Hall–Kier alpha value is -2.37. The van der Waals surface area contributed by atoms with Crippen molar-refractivity contribution < 1.29 is 0 Å². The Balaban J connectivity index is 1.70. The van der Waals surface area contributed by atoms with E-state index in [9.17, 15) is 0 Å². The summed E-state index contributed by atoms with van der Waals surface area (Å²) in [5, 5.41) is 3.01. The summed E-state index contributed by atoms with van der Waals surface area (Å²) in [4.78, 5) is 17.9. The number of anilines is 3. The van der Waals surface area contributed by atoms with Crippen molar-refractivity contribution >= 4 is 17.6 Å². The highest BCUT2D eigenvalue weighted by atomic mass is 15.3. The zero-order chi connectivity index (χ0) is 14.7. The summed E-state index contributed by atoms with van der Waals surface area (Å²) in [6, 6.07) is 8.07. The van der Waals surface area contributed by atoms with E-state index >= 15 is 0 Å². The second kappa shape index (κ2) is 5.95. The Kier molecular flexibility index (Phi) is 3.85. The molecule has 0 amide bonds. The average Bonchev–Trinajstić information content (AvgIpc) is 2.55. The van der Waals surface area contributed by atoms with Gasteiger partial charge in [-0.3, -0.25) is 0 Å². The third kappa shape index (κ3) is 3.04. The summed E-state index contributed by atoms with van der Waals surface area (Å²) in [6.07, 6.45) is 1.84. The minimum absolute atomic E-state index is 0.678. The van der Waals surface area contributed by atoms with Crippen molar-refractivity contribution in [3.63, 3.8) is 0 Å². The third-order valence-corrected chi connectivity index (χ3v) is 3.64. The van der Waals surface area contributed by atoms with Gasteiger partial charge in [-0.2, -0.15) is 4.98 Å². The smallest absolute Gasteiger partial charge is 0.224 e. The van der Waals surface area contributed by atoms with Crippen molar-refractivity contribution in [1.29, 1.82) is 0 Å². The molecule has 2 aromatic heterocycles. The summed E-state index contributed by atoms with van der Waals surface area (Å²) in [7, 11) is 1.84. The van der Waals surface area contributed by atoms with Crippen LogP contribution >= 0.6 is 0 Å². The lowest BCUT2D eigenvalue weighted by molar-refractivity contribution is 0.641. The molecule has 1 saturated heterocycles. The van der Waals surface area contributed by atoms with E-state index in [0.717, 1.165) is 43.5 Å². The van der Waals surface area contributed by atoms with Crippen LogP contribution in [0, 0.1) is 6.92 Å². The van der Waals surface area contributed by atoms with E-state index in [1.54, 1.807) is 0 Å². The lowest BCUT2D eigenvalue weighted by Crippen LogP contribution is -2.47. The molecular formula is C15H20N6. The summed E-state index contributed by atoms with van der Waals surface area (Å²) < 4.78 is 0. The van der Waals surface area contributed by atoms with E-state index in [1.807, 2.05) is 38.4 Å². The molecule has 1 aliphatic rings. The highest BCUT2D eigenvalue weighted by molar-refractivity contribution is 5.47. The molecule has 0 aromatic carbocycles. The Morgan fingerprint density at radius 1 is 1.00 bits per heavy atom. The predicted octanol–water partition coefficient (Wildman–Crippen LogP) is 1.55. The van der Waals surface area contributed by atoms with Gasteiger partial charge in [-0.15, -0.1) is 0 Å². The quantitative estimate of drug-likeness (QED) is 0.923. The zero-order valence-electron chi connectivity index (χ0n) is 12.5. The van der Waals surface area contributed by atoms with Gasteiger partial charge in [-0.1, -0.05) is 6.07 Å². The first kappa shape index (κ1) is 13.6. The number of aryl methyl sites for hydroxylation is 1. The van der Waals surface area contributed by atoms with Crippen LogP contribution in [-0.2, 0) is 0 Å². The molecule has 0 bridgehead atoms. The van der Waals surface area contributed by atoms with Crippen LogP contribution in [0.5, 0.6) is 0 Å². The SMILES string of the molecule is CNc1nc(C)cc(N2CCN(c3ccccn3)CC2)n1. The van der Waals surface area contributed by atoms with Crippen LogP contribution < -0.4 is 15.1 Å². The van der Waals surface area contributed by atoms with Crippen LogP contribution in [0.2, 0.25) is 0 Å². The van der Waals surface area contributed by atoms with Gasteiger partial charge in [-0.25, -0.2) is 9.97 Å². The van der Waals surface area contributed by atoms with Crippen LogP contribution in [0.15, 0.2) is 30.5 Å². The second-order valence-electron chi connectivity index (χ2n) is 5.10. The van der Waals surface area contributed by atoms with E-state index in [2.05, 4.69) is 36.1 Å². The molecule has 0 saturated carbocycles. The fourth-order valence-corrected chi connectivity index (χ4v) is 2.53. The highest BCUT2D eigenvalue weighted by Gasteiger charge is 2.19. The van der Waals surface area contributed by atoms with Crippen LogP contribution in [0.4, 0.5) is 17.6 Å². The van der Waals surface area contributed by atoms with Gasteiger partial charge >= 0.3 is 0 Å². The molecule has 2 aromatic rings. The maximum absolute atomic E-state index is 4.54. The van der Waals surface area contributed by atoms with Gasteiger partial charge < -0.3 is 15.1 Å². The molecule has 21 heavy (non-hydrogen) atoms. The summed E-state index contributed by atoms with van der Waals surface area (Å²) in [6.45, 7) is 5.78. The molecule has 3 heterocycles. The lowest BCUT2D eigenvalue weighted by atomic mass is 10.3. The van der Waals surface area contributed by atoms with E-state index < -0.39 is 0 Å². The predicted molar refractivity (Wildman–Crippen MR) is 85.0 cm³/mol. The molecule has 6 nitrogen and oxygen atoms in total. The first-order valence-corrected chi connectivity index (χ1v) is 7.20. The fourth-order valence-electron chi connectivity index (χ4n) is 2.53. The van der Waals surface area contributed by atoms with Crippen molar-refractivity contribution in [2.75, 3.05) is 48.3 Å². The van der Waals surface area contributed by atoms with Gasteiger partial charge in [0.1, 0.15) is 11.6 Å². The summed E-state index contributed by atoms with van der Waals surface area (Å²) >= 11 is 0. The lowest BCUT2D eigenvalue weighted by Gasteiger charge is -2.36. The molecule has 6 heteroatoms.